The van der Waals surface area contributed by atoms with Crippen LogP contribution in [0.3, 0.4) is 0 Å². The Kier molecular flexibility index (Phi) is 4.46. The fraction of sp³-hybridized carbons (Fsp3) is 1.00. The normalized spacial score (nSPS) is 29.1. The summed E-state index contributed by atoms with van der Waals surface area (Å²) in [5.74, 6) is 0.334. The first-order chi connectivity index (χ1) is 6.13. The molecule has 1 aliphatic rings. The molecule has 0 aromatic heterocycles. The number of rotatable bonds is 3. The summed E-state index contributed by atoms with van der Waals surface area (Å²) in [4.78, 5) is 4.61. The molecule has 0 radical (unpaired) electrons. The smallest absolute Gasteiger partial charge is 0.0802 e. The van der Waals surface area contributed by atoms with E-state index >= 15 is 0 Å². The van der Waals surface area contributed by atoms with Crippen molar-refractivity contribution in [3.8, 4) is 0 Å². The lowest BCUT2D eigenvalue weighted by Crippen LogP contribution is -2.51. The lowest BCUT2D eigenvalue weighted by atomic mass is 10.2. The van der Waals surface area contributed by atoms with E-state index in [9.17, 15) is 5.11 Å². The van der Waals surface area contributed by atoms with E-state index in [2.05, 4.69) is 23.8 Å². The quantitative estimate of drug-likeness (QED) is 0.670. The summed E-state index contributed by atoms with van der Waals surface area (Å²) in [5.41, 5.74) is 0. The molecule has 0 aromatic carbocycles. The molecule has 0 bridgehead atoms. The lowest BCUT2D eigenvalue weighted by molar-refractivity contribution is 0.0648. The Hall–Kier alpha value is 0.170. The van der Waals surface area contributed by atoms with Crippen LogP contribution >= 0.6 is 11.6 Å². The van der Waals surface area contributed by atoms with Gasteiger partial charge >= 0.3 is 0 Å². The third-order valence-corrected chi connectivity index (χ3v) is 3.05. The van der Waals surface area contributed by atoms with Crippen molar-refractivity contribution in [2.75, 3.05) is 39.1 Å². The van der Waals surface area contributed by atoms with Gasteiger partial charge in [0, 0.05) is 38.1 Å². The highest BCUT2D eigenvalue weighted by molar-refractivity contribution is 6.18. The number of piperazine rings is 1. The number of aliphatic hydroxyl groups is 1. The van der Waals surface area contributed by atoms with Crippen molar-refractivity contribution in [1.29, 1.82) is 0 Å². The number of hydrogen-bond acceptors (Lipinski definition) is 3. The highest BCUT2D eigenvalue weighted by Crippen LogP contribution is 2.07. The summed E-state index contributed by atoms with van der Waals surface area (Å²) in [6, 6.07) is 0.580. The van der Waals surface area contributed by atoms with E-state index in [1.165, 1.54) is 0 Å². The monoisotopic (exact) mass is 206 g/mol. The van der Waals surface area contributed by atoms with Gasteiger partial charge in [-0.15, -0.1) is 11.6 Å². The van der Waals surface area contributed by atoms with Crippen LogP contribution in [0.1, 0.15) is 6.92 Å². The summed E-state index contributed by atoms with van der Waals surface area (Å²) < 4.78 is 0. The average Bonchev–Trinajstić information content (AvgIpc) is 2.11. The molecule has 2 atom stereocenters. The molecule has 0 amide bonds. The second-order valence-electron chi connectivity index (χ2n) is 3.90. The zero-order valence-electron chi connectivity index (χ0n) is 8.41. The first-order valence-corrected chi connectivity index (χ1v) is 5.33. The van der Waals surface area contributed by atoms with Crippen LogP contribution in [0.15, 0.2) is 0 Å². The number of alkyl halides is 1. The van der Waals surface area contributed by atoms with E-state index in [0.717, 1.165) is 19.6 Å². The Morgan fingerprint density at radius 2 is 2.23 bits per heavy atom. The predicted octanol–water partition coefficient (Wildman–Crippen LogP) is 0.222. The molecule has 78 valence electrons. The molecule has 4 heteroatoms. The highest BCUT2D eigenvalue weighted by atomic mass is 35.5. The zero-order valence-corrected chi connectivity index (χ0v) is 9.17. The van der Waals surface area contributed by atoms with Crippen LogP contribution in [0.2, 0.25) is 0 Å². The van der Waals surface area contributed by atoms with Crippen molar-refractivity contribution in [3.05, 3.63) is 0 Å². The van der Waals surface area contributed by atoms with Gasteiger partial charge in [-0.3, -0.25) is 4.90 Å². The van der Waals surface area contributed by atoms with E-state index < -0.39 is 0 Å². The van der Waals surface area contributed by atoms with Crippen LogP contribution < -0.4 is 0 Å². The molecule has 13 heavy (non-hydrogen) atoms. The summed E-state index contributed by atoms with van der Waals surface area (Å²) in [6.07, 6.45) is -0.378. The standard InChI is InChI=1S/C9H19ClN2O/c1-8-6-12(4-3-11(8)2)7-9(13)5-10/h8-9,13H,3-7H2,1-2H3. The van der Waals surface area contributed by atoms with Gasteiger partial charge in [-0.1, -0.05) is 0 Å². The fourth-order valence-electron chi connectivity index (χ4n) is 1.64. The van der Waals surface area contributed by atoms with E-state index in [-0.39, 0.29) is 6.10 Å². The van der Waals surface area contributed by atoms with Gasteiger partial charge in [-0.25, -0.2) is 0 Å². The van der Waals surface area contributed by atoms with Crippen LogP contribution in [-0.2, 0) is 0 Å². The van der Waals surface area contributed by atoms with E-state index in [1.54, 1.807) is 0 Å². The van der Waals surface area contributed by atoms with E-state index in [0.29, 0.717) is 18.5 Å². The van der Waals surface area contributed by atoms with Gasteiger partial charge in [0.1, 0.15) is 0 Å². The number of β-amino-alcohol motifs (C(OH)–C–C–N with tert-alkyl or cyclic N) is 1. The third-order valence-electron chi connectivity index (χ3n) is 2.69. The number of hydrogen-bond donors (Lipinski definition) is 1. The minimum absolute atomic E-state index is 0.334. The summed E-state index contributed by atoms with van der Waals surface area (Å²) in [6.45, 7) is 6.07. The van der Waals surface area contributed by atoms with E-state index in [4.69, 9.17) is 11.6 Å². The Bertz CT molecular complexity index is 155. The lowest BCUT2D eigenvalue weighted by Gasteiger charge is -2.38. The molecule has 0 spiro atoms. The first kappa shape index (κ1) is 11.2. The molecule has 0 saturated carbocycles. The molecule has 1 aliphatic heterocycles. The second-order valence-corrected chi connectivity index (χ2v) is 4.21. The summed E-state index contributed by atoms with van der Waals surface area (Å²) in [5, 5.41) is 9.38. The molecule has 3 nitrogen and oxygen atoms in total. The van der Waals surface area contributed by atoms with Gasteiger partial charge in [-0.2, -0.15) is 0 Å². The molecule has 1 rings (SSSR count). The maximum atomic E-state index is 9.38. The number of halogens is 1. The minimum Gasteiger partial charge on any atom is -0.391 e. The number of aliphatic hydroxyl groups excluding tert-OH is 1. The maximum absolute atomic E-state index is 9.38. The Labute approximate surface area is 85.3 Å². The van der Waals surface area contributed by atoms with Crippen molar-refractivity contribution in [3.63, 3.8) is 0 Å². The Balaban J connectivity index is 2.29. The van der Waals surface area contributed by atoms with Crippen LogP contribution in [0.5, 0.6) is 0 Å². The van der Waals surface area contributed by atoms with Gasteiger partial charge in [0.25, 0.3) is 0 Å². The Morgan fingerprint density at radius 3 is 2.77 bits per heavy atom. The van der Waals surface area contributed by atoms with Crippen LogP contribution in [-0.4, -0.2) is 66.2 Å². The van der Waals surface area contributed by atoms with Gasteiger partial charge in [0.2, 0.25) is 0 Å². The molecular weight excluding hydrogens is 188 g/mol. The molecule has 1 saturated heterocycles. The maximum Gasteiger partial charge on any atom is 0.0802 e. The molecule has 2 unspecified atom stereocenters. The predicted molar refractivity (Wildman–Crippen MR) is 55.3 cm³/mol. The Morgan fingerprint density at radius 1 is 1.54 bits per heavy atom. The van der Waals surface area contributed by atoms with Crippen LogP contribution in [0.25, 0.3) is 0 Å². The van der Waals surface area contributed by atoms with Crippen molar-refractivity contribution >= 4 is 11.6 Å². The average molecular weight is 207 g/mol. The van der Waals surface area contributed by atoms with Crippen molar-refractivity contribution in [1.82, 2.24) is 9.80 Å². The number of nitrogens with zero attached hydrogens (tertiary/aromatic N) is 2. The summed E-state index contributed by atoms with van der Waals surface area (Å²) in [7, 11) is 2.14. The SMILES string of the molecule is CC1CN(CC(O)CCl)CCN1C. The first-order valence-electron chi connectivity index (χ1n) is 4.80. The largest absolute Gasteiger partial charge is 0.391 e. The van der Waals surface area contributed by atoms with Crippen LogP contribution in [0, 0.1) is 0 Å². The van der Waals surface area contributed by atoms with E-state index in [1.807, 2.05) is 0 Å². The summed E-state index contributed by atoms with van der Waals surface area (Å²) >= 11 is 5.55. The highest BCUT2D eigenvalue weighted by Gasteiger charge is 2.21. The molecular formula is C9H19ClN2O. The van der Waals surface area contributed by atoms with Gasteiger partial charge < -0.3 is 10.0 Å². The molecule has 1 fully saturated rings. The van der Waals surface area contributed by atoms with Gasteiger partial charge in [-0.05, 0) is 14.0 Å². The van der Waals surface area contributed by atoms with Gasteiger partial charge in [0.05, 0.1) is 6.10 Å². The molecule has 0 aliphatic carbocycles. The fourth-order valence-corrected chi connectivity index (χ4v) is 1.73. The van der Waals surface area contributed by atoms with Crippen molar-refractivity contribution < 1.29 is 5.11 Å². The third kappa shape index (κ3) is 3.43. The van der Waals surface area contributed by atoms with Gasteiger partial charge in [0.15, 0.2) is 0 Å². The zero-order chi connectivity index (χ0) is 9.84. The molecule has 1 N–H and O–H groups in total. The molecule has 1 heterocycles. The molecule has 0 aromatic rings. The van der Waals surface area contributed by atoms with Crippen molar-refractivity contribution in [2.45, 2.75) is 19.1 Å². The topological polar surface area (TPSA) is 26.7 Å². The minimum atomic E-state index is -0.378. The van der Waals surface area contributed by atoms with Crippen molar-refractivity contribution in [2.24, 2.45) is 0 Å². The second kappa shape index (κ2) is 5.15. The number of likely N-dealkylation sites (N-methyl/N-ethyl adjacent to an activating group) is 1. The van der Waals surface area contributed by atoms with Crippen LogP contribution in [0.4, 0.5) is 0 Å².